The van der Waals surface area contributed by atoms with Crippen molar-refractivity contribution in [3.8, 4) is 0 Å². The molecule has 1 aliphatic carbocycles. The van der Waals surface area contributed by atoms with Gasteiger partial charge in [-0.15, -0.1) is 0 Å². The molecule has 1 heterocycles. The van der Waals surface area contributed by atoms with E-state index in [4.69, 9.17) is 14.8 Å². The van der Waals surface area contributed by atoms with Crippen LogP contribution in [0.25, 0.3) is 0 Å². The predicted molar refractivity (Wildman–Crippen MR) is 44.8 cm³/mol. The van der Waals surface area contributed by atoms with E-state index in [2.05, 4.69) is 0 Å². The van der Waals surface area contributed by atoms with Gasteiger partial charge in [-0.3, -0.25) is 0 Å². The van der Waals surface area contributed by atoms with Crippen LogP contribution in [0.1, 0.15) is 12.8 Å². The average Bonchev–Trinajstić information content (AvgIpc) is 2.47. The summed E-state index contributed by atoms with van der Waals surface area (Å²) in [6, 6.07) is 0. The lowest BCUT2D eigenvalue weighted by Crippen LogP contribution is -2.15. The minimum Gasteiger partial charge on any atom is -0.472 e. The fourth-order valence-corrected chi connectivity index (χ4v) is 1.58. The summed E-state index contributed by atoms with van der Waals surface area (Å²) in [5.74, 6) is 0. The molecule has 12 heavy (non-hydrogen) atoms. The van der Waals surface area contributed by atoms with E-state index >= 15 is 0 Å². The van der Waals surface area contributed by atoms with Crippen molar-refractivity contribution >= 4 is 7.12 Å². The topological polar surface area (TPSA) is 49.7 Å². The maximum absolute atomic E-state index is 8.99. The molecule has 2 N–H and O–H groups in total. The van der Waals surface area contributed by atoms with Crippen molar-refractivity contribution in [2.24, 2.45) is 0 Å². The molecule has 0 aromatic carbocycles. The number of hydrogen-bond acceptors (Lipinski definition) is 3. The first kappa shape index (κ1) is 7.64. The van der Waals surface area contributed by atoms with Crippen LogP contribution in [-0.2, 0) is 4.74 Å². The van der Waals surface area contributed by atoms with Crippen LogP contribution in [0.4, 0.5) is 0 Å². The zero-order chi connectivity index (χ0) is 8.55. The van der Waals surface area contributed by atoms with Crippen molar-refractivity contribution < 1.29 is 14.8 Å². The molecule has 2 aliphatic rings. The van der Waals surface area contributed by atoms with Gasteiger partial charge in [0.1, 0.15) is 0 Å². The van der Waals surface area contributed by atoms with E-state index in [0.29, 0.717) is 11.9 Å². The van der Waals surface area contributed by atoms with Crippen LogP contribution >= 0.6 is 0 Å². The highest BCUT2D eigenvalue weighted by molar-refractivity contribution is 6.51. The molecule has 0 amide bonds. The summed E-state index contributed by atoms with van der Waals surface area (Å²) in [5, 5.41) is 18.0. The average molecular weight is 164 g/mol. The molecule has 0 unspecified atom stereocenters. The first-order valence-corrected chi connectivity index (χ1v) is 3.89. The van der Waals surface area contributed by atoms with Gasteiger partial charge in [0, 0.05) is 0 Å². The Kier molecular flexibility index (Phi) is 1.79. The SMILES string of the molecule is OB(O)C1=C2C=COC=C2CC1. The molecule has 0 radical (unpaired) electrons. The number of rotatable bonds is 1. The van der Waals surface area contributed by atoms with Crippen molar-refractivity contribution in [2.75, 3.05) is 0 Å². The van der Waals surface area contributed by atoms with Gasteiger partial charge >= 0.3 is 7.12 Å². The Hall–Kier alpha value is -0.995. The van der Waals surface area contributed by atoms with Crippen LogP contribution < -0.4 is 0 Å². The lowest BCUT2D eigenvalue weighted by atomic mass is 9.77. The molecule has 0 fully saturated rings. The molecule has 62 valence electrons. The molecule has 0 saturated carbocycles. The van der Waals surface area contributed by atoms with Crippen LogP contribution in [0.2, 0.25) is 0 Å². The Morgan fingerprint density at radius 2 is 2.17 bits per heavy atom. The van der Waals surface area contributed by atoms with Crippen molar-refractivity contribution in [2.45, 2.75) is 12.8 Å². The fourth-order valence-electron chi connectivity index (χ4n) is 1.58. The van der Waals surface area contributed by atoms with E-state index in [1.54, 1.807) is 18.6 Å². The molecule has 1 aliphatic heterocycles. The van der Waals surface area contributed by atoms with Crippen molar-refractivity contribution in [1.29, 1.82) is 0 Å². The van der Waals surface area contributed by atoms with Crippen molar-refractivity contribution in [3.63, 3.8) is 0 Å². The Morgan fingerprint density at radius 1 is 1.33 bits per heavy atom. The van der Waals surface area contributed by atoms with E-state index in [0.717, 1.165) is 17.6 Å². The molecular weight excluding hydrogens is 155 g/mol. The summed E-state index contributed by atoms with van der Waals surface area (Å²) in [7, 11) is -1.33. The predicted octanol–water partition coefficient (Wildman–Crippen LogP) is 0.517. The molecule has 2 rings (SSSR count). The molecule has 0 spiro atoms. The van der Waals surface area contributed by atoms with E-state index in [-0.39, 0.29) is 0 Å². The minimum absolute atomic E-state index is 0.695. The zero-order valence-electron chi connectivity index (χ0n) is 6.53. The monoisotopic (exact) mass is 164 g/mol. The Bertz CT molecular complexity index is 289. The fraction of sp³-hybridized carbons (Fsp3) is 0.250. The van der Waals surface area contributed by atoms with Gasteiger partial charge in [-0.05, 0) is 35.5 Å². The molecular formula is C8H9BO3. The highest BCUT2D eigenvalue weighted by atomic mass is 16.5. The van der Waals surface area contributed by atoms with Crippen LogP contribution in [0.15, 0.2) is 35.2 Å². The third-order valence-electron chi connectivity index (χ3n) is 2.19. The van der Waals surface area contributed by atoms with Crippen LogP contribution in [0.5, 0.6) is 0 Å². The summed E-state index contributed by atoms with van der Waals surface area (Å²) in [4.78, 5) is 0. The smallest absolute Gasteiger partial charge is 0.472 e. The molecule has 0 bridgehead atoms. The maximum atomic E-state index is 8.99. The van der Waals surface area contributed by atoms with Gasteiger partial charge in [-0.25, -0.2) is 0 Å². The second kappa shape index (κ2) is 2.81. The highest BCUT2D eigenvalue weighted by Crippen LogP contribution is 2.34. The molecule has 0 aromatic rings. The number of hydrogen-bond donors (Lipinski definition) is 2. The molecule has 0 saturated heterocycles. The second-order valence-corrected chi connectivity index (χ2v) is 2.89. The van der Waals surface area contributed by atoms with Gasteiger partial charge in [0.15, 0.2) is 0 Å². The minimum atomic E-state index is -1.33. The summed E-state index contributed by atoms with van der Waals surface area (Å²) in [5.41, 5.74) is 2.68. The lowest BCUT2D eigenvalue weighted by molar-refractivity contribution is 0.393. The summed E-state index contributed by atoms with van der Waals surface area (Å²) >= 11 is 0. The van der Waals surface area contributed by atoms with Gasteiger partial charge in [0.25, 0.3) is 0 Å². The van der Waals surface area contributed by atoms with E-state index in [1.165, 1.54) is 0 Å². The third-order valence-corrected chi connectivity index (χ3v) is 2.19. The largest absolute Gasteiger partial charge is 0.484 e. The van der Waals surface area contributed by atoms with Crippen LogP contribution in [-0.4, -0.2) is 17.2 Å². The summed E-state index contributed by atoms with van der Waals surface area (Å²) in [6.45, 7) is 0. The highest BCUT2D eigenvalue weighted by Gasteiger charge is 2.27. The van der Waals surface area contributed by atoms with Crippen LogP contribution in [0, 0.1) is 0 Å². The Morgan fingerprint density at radius 3 is 2.92 bits per heavy atom. The first-order chi connectivity index (χ1) is 5.79. The standard InChI is InChI=1S/C8H9BO3/c10-9(11)8-2-1-6-5-12-4-3-7(6)8/h3-5,10-11H,1-2H2. The van der Waals surface area contributed by atoms with Gasteiger partial charge < -0.3 is 14.8 Å². The van der Waals surface area contributed by atoms with Gasteiger partial charge in [-0.2, -0.15) is 0 Å². The zero-order valence-corrected chi connectivity index (χ0v) is 6.53. The summed E-state index contributed by atoms with van der Waals surface area (Å²) in [6.07, 6.45) is 6.54. The first-order valence-electron chi connectivity index (χ1n) is 3.89. The quantitative estimate of drug-likeness (QED) is 0.555. The molecule has 3 nitrogen and oxygen atoms in total. The third kappa shape index (κ3) is 1.09. The maximum Gasteiger partial charge on any atom is 0.484 e. The van der Waals surface area contributed by atoms with E-state index in [1.807, 2.05) is 0 Å². The Labute approximate surface area is 70.8 Å². The van der Waals surface area contributed by atoms with E-state index < -0.39 is 7.12 Å². The molecule has 0 aromatic heterocycles. The summed E-state index contributed by atoms with van der Waals surface area (Å²) < 4.78 is 4.97. The van der Waals surface area contributed by atoms with Gasteiger partial charge in [0.2, 0.25) is 0 Å². The molecule has 4 heteroatoms. The second-order valence-electron chi connectivity index (χ2n) is 2.89. The van der Waals surface area contributed by atoms with Crippen molar-refractivity contribution in [1.82, 2.24) is 0 Å². The molecule has 0 atom stereocenters. The lowest BCUT2D eigenvalue weighted by Gasteiger charge is -2.06. The van der Waals surface area contributed by atoms with Crippen molar-refractivity contribution in [3.05, 3.63) is 35.2 Å². The normalized spacial score (nSPS) is 20.3. The van der Waals surface area contributed by atoms with E-state index in [9.17, 15) is 0 Å². The number of ether oxygens (including phenoxy) is 1. The van der Waals surface area contributed by atoms with Gasteiger partial charge in [0.05, 0.1) is 12.5 Å². The Balaban J connectivity index is 2.38. The van der Waals surface area contributed by atoms with Crippen LogP contribution in [0.3, 0.4) is 0 Å². The number of fused-ring (bicyclic) bond motifs is 1. The number of allylic oxidation sites excluding steroid dienone is 4. The van der Waals surface area contributed by atoms with Gasteiger partial charge in [-0.1, -0.05) is 0 Å².